The van der Waals surface area contributed by atoms with Crippen LogP contribution >= 0.6 is 0 Å². The van der Waals surface area contributed by atoms with E-state index in [0.29, 0.717) is 13.0 Å². The van der Waals surface area contributed by atoms with E-state index in [2.05, 4.69) is 13.0 Å². The number of rotatable bonds is 4. The fourth-order valence-corrected chi connectivity index (χ4v) is 2.99. The van der Waals surface area contributed by atoms with E-state index >= 15 is 0 Å². The first-order chi connectivity index (χ1) is 9.67. The quantitative estimate of drug-likeness (QED) is 0.832. The minimum Gasteiger partial charge on any atom is -0.311 e. The number of para-hydroxylation sites is 1. The molecule has 1 saturated carbocycles. The van der Waals surface area contributed by atoms with Crippen molar-refractivity contribution < 1.29 is 4.79 Å². The average molecular weight is 270 g/mol. The Morgan fingerprint density at radius 2 is 1.90 bits per heavy atom. The van der Waals surface area contributed by atoms with Crippen molar-refractivity contribution in [3.05, 3.63) is 30.3 Å². The van der Waals surface area contributed by atoms with Crippen LogP contribution in [0.25, 0.3) is 0 Å². The van der Waals surface area contributed by atoms with Crippen LogP contribution in [-0.2, 0) is 4.79 Å². The summed E-state index contributed by atoms with van der Waals surface area (Å²) in [6.45, 7) is 2.56. The van der Waals surface area contributed by atoms with Crippen molar-refractivity contribution in [1.82, 2.24) is 0 Å². The summed E-state index contributed by atoms with van der Waals surface area (Å²) in [7, 11) is 0. The van der Waals surface area contributed by atoms with E-state index in [4.69, 9.17) is 5.26 Å². The summed E-state index contributed by atoms with van der Waals surface area (Å²) in [5.41, 5.74) is 0.642. The van der Waals surface area contributed by atoms with Gasteiger partial charge in [-0.1, -0.05) is 44.4 Å². The molecule has 2 rings (SSSR count). The van der Waals surface area contributed by atoms with Gasteiger partial charge in [-0.2, -0.15) is 5.26 Å². The van der Waals surface area contributed by atoms with Gasteiger partial charge < -0.3 is 4.90 Å². The Labute approximate surface area is 121 Å². The van der Waals surface area contributed by atoms with Crippen LogP contribution < -0.4 is 4.90 Å². The molecule has 20 heavy (non-hydrogen) atoms. The van der Waals surface area contributed by atoms with E-state index in [-0.39, 0.29) is 11.3 Å². The molecule has 0 heterocycles. The first kappa shape index (κ1) is 14.6. The molecule has 1 aromatic carbocycles. The Balaban J connectivity index is 2.22. The van der Waals surface area contributed by atoms with Crippen molar-refractivity contribution in [3.63, 3.8) is 0 Å². The Morgan fingerprint density at radius 1 is 1.25 bits per heavy atom. The van der Waals surface area contributed by atoms with E-state index in [1.165, 1.54) is 6.42 Å². The molecule has 0 aromatic heterocycles. The maximum absolute atomic E-state index is 12.9. The van der Waals surface area contributed by atoms with Gasteiger partial charge in [-0.15, -0.1) is 0 Å². The van der Waals surface area contributed by atoms with Crippen molar-refractivity contribution in [2.75, 3.05) is 11.4 Å². The lowest BCUT2D eigenvalue weighted by Gasteiger charge is -2.37. The molecule has 3 heteroatoms. The molecule has 0 aliphatic heterocycles. The summed E-state index contributed by atoms with van der Waals surface area (Å²) in [5.74, 6) is 0.179. The summed E-state index contributed by atoms with van der Waals surface area (Å²) in [6.07, 6.45) is 5.78. The Morgan fingerprint density at radius 3 is 2.50 bits per heavy atom. The van der Waals surface area contributed by atoms with Crippen LogP contribution in [0, 0.1) is 16.7 Å². The molecule has 1 aliphatic rings. The van der Waals surface area contributed by atoms with Crippen molar-refractivity contribution in [3.8, 4) is 6.07 Å². The van der Waals surface area contributed by atoms with Crippen LogP contribution in [0.5, 0.6) is 0 Å². The lowest BCUT2D eigenvalue weighted by atomic mass is 9.74. The SMILES string of the molecule is CC1(C(=O)N(CCC#N)c2ccccc2)CCCCC1. The fourth-order valence-electron chi connectivity index (χ4n) is 2.99. The number of anilines is 1. The van der Waals surface area contributed by atoms with E-state index in [1.807, 2.05) is 30.3 Å². The topological polar surface area (TPSA) is 44.1 Å². The molecular weight excluding hydrogens is 248 g/mol. The molecule has 0 N–H and O–H groups in total. The summed E-state index contributed by atoms with van der Waals surface area (Å²) in [6, 6.07) is 11.9. The van der Waals surface area contributed by atoms with Crippen LogP contribution in [0.4, 0.5) is 5.69 Å². The van der Waals surface area contributed by atoms with Crippen LogP contribution in [0.2, 0.25) is 0 Å². The zero-order chi connectivity index (χ0) is 14.4. The van der Waals surface area contributed by atoms with Crippen LogP contribution in [0.15, 0.2) is 30.3 Å². The van der Waals surface area contributed by atoms with Gasteiger partial charge >= 0.3 is 0 Å². The van der Waals surface area contributed by atoms with E-state index in [9.17, 15) is 4.79 Å². The highest BCUT2D eigenvalue weighted by Gasteiger charge is 2.37. The summed E-state index contributed by atoms with van der Waals surface area (Å²) in [5, 5.41) is 8.83. The second kappa shape index (κ2) is 6.56. The molecule has 1 aromatic rings. The third-order valence-electron chi connectivity index (χ3n) is 4.23. The highest BCUT2D eigenvalue weighted by molar-refractivity contribution is 5.97. The number of benzene rings is 1. The summed E-state index contributed by atoms with van der Waals surface area (Å²) >= 11 is 0. The zero-order valence-electron chi connectivity index (χ0n) is 12.1. The smallest absolute Gasteiger partial charge is 0.232 e. The van der Waals surface area contributed by atoms with Crippen molar-refractivity contribution >= 4 is 11.6 Å². The highest BCUT2D eigenvalue weighted by Crippen LogP contribution is 2.38. The van der Waals surface area contributed by atoms with Gasteiger partial charge in [-0.3, -0.25) is 4.79 Å². The Kier molecular flexibility index (Phi) is 4.79. The van der Waals surface area contributed by atoms with Gasteiger partial charge in [0.25, 0.3) is 0 Å². The van der Waals surface area contributed by atoms with Crippen molar-refractivity contribution in [2.24, 2.45) is 5.41 Å². The molecule has 0 bridgehead atoms. The number of hydrogen-bond acceptors (Lipinski definition) is 2. The first-order valence-electron chi connectivity index (χ1n) is 7.41. The summed E-state index contributed by atoms with van der Waals surface area (Å²) in [4.78, 5) is 14.7. The van der Waals surface area contributed by atoms with Gasteiger partial charge in [-0.25, -0.2) is 0 Å². The van der Waals surface area contributed by atoms with Gasteiger partial charge in [0.05, 0.1) is 12.5 Å². The number of carbonyl (C=O) groups is 1. The summed E-state index contributed by atoms with van der Waals surface area (Å²) < 4.78 is 0. The monoisotopic (exact) mass is 270 g/mol. The molecule has 106 valence electrons. The number of carbonyl (C=O) groups excluding carboxylic acids is 1. The predicted octanol–water partition coefficient (Wildman–Crippen LogP) is 3.90. The number of nitriles is 1. The lowest BCUT2D eigenvalue weighted by molar-refractivity contribution is -0.129. The largest absolute Gasteiger partial charge is 0.311 e. The second-order valence-electron chi connectivity index (χ2n) is 5.82. The first-order valence-corrected chi connectivity index (χ1v) is 7.41. The van der Waals surface area contributed by atoms with Crippen molar-refractivity contribution in [2.45, 2.75) is 45.4 Å². The maximum Gasteiger partial charge on any atom is 0.232 e. The zero-order valence-corrected chi connectivity index (χ0v) is 12.1. The number of nitrogens with zero attached hydrogens (tertiary/aromatic N) is 2. The van der Waals surface area contributed by atoms with Gasteiger partial charge in [-0.05, 0) is 25.0 Å². The molecule has 3 nitrogen and oxygen atoms in total. The van der Waals surface area contributed by atoms with Crippen LogP contribution in [0.1, 0.15) is 45.4 Å². The lowest BCUT2D eigenvalue weighted by Crippen LogP contribution is -2.44. The van der Waals surface area contributed by atoms with Crippen LogP contribution in [0.3, 0.4) is 0 Å². The van der Waals surface area contributed by atoms with Crippen LogP contribution in [-0.4, -0.2) is 12.5 Å². The fraction of sp³-hybridized carbons (Fsp3) is 0.529. The van der Waals surface area contributed by atoms with E-state index in [1.54, 1.807) is 4.90 Å². The molecular formula is C17H22N2O. The Bertz CT molecular complexity index is 483. The third kappa shape index (κ3) is 3.19. The normalized spacial score (nSPS) is 17.2. The molecule has 1 amide bonds. The second-order valence-corrected chi connectivity index (χ2v) is 5.82. The van der Waals surface area contributed by atoms with E-state index < -0.39 is 0 Å². The number of hydrogen-bond donors (Lipinski definition) is 0. The molecule has 1 aliphatic carbocycles. The standard InChI is InChI=1S/C17H22N2O/c1-17(11-6-3-7-12-17)16(20)19(14-8-13-18)15-9-4-2-5-10-15/h2,4-5,9-10H,3,6-8,11-12,14H2,1H3. The minimum atomic E-state index is -0.260. The molecule has 0 atom stereocenters. The van der Waals surface area contributed by atoms with Gasteiger partial charge in [0.15, 0.2) is 0 Å². The third-order valence-corrected chi connectivity index (χ3v) is 4.23. The van der Waals surface area contributed by atoms with Gasteiger partial charge in [0.2, 0.25) is 5.91 Å². The highest BCUT2D eigenvalue weighted by atomic mass is 16.2. The molecule has 0 spiro atoms. The van der Waals surface area contributed by atoms with E-state index in [0.717, 1.165) is 31.4 Å². The molecule has 0 unspecified atom stereocenters. The van der Waals surface area contributed by atoms with Gasteiger partial charge in [0.1, 0.15) is 0 Å². The minimum absolute atomic E-state index is 0.179. The maximum atomic E-state index is 12.9. The molecule has 0 saturated heterocycles. The average Bonchev–Trinajstić information content (AvgIpc) is 2.49. The Hall–Kier alpha value is -1.82. The number of amides is 1. The van der Waals surface area contributed by atoms with Gasteiger partial charge in [0, 0.05) is 17.6 Å². The predicted molar refractivity (Wildman–Crippen MR) is 80.2 cm³/mol. The van der Waals surface area contributed by atoms with Crippen molar-refractivity contribution in [1.29, 1.82) is 5.26 Å². The molecule has 0 radical (unpaired) electrons. The molecule has 1 fully saturated rings.